The highest BCUT2D eigenvalue weighted by atomic mass is 16.5. The molecular weight excluding hydrogens is 354 g/mol. The van der Waals surface area contributed by atoms with Crippen LogP contribution in [0.5, 0.6) is 17.2 Å². The first kappa shape index (κ1) is 18.8. The molecule has 2 aliphatic heterocycles. The highest BCUT2D eigenvalue weighted by Crippen LogP contribution is 2.42. The molecule has 9 nitrogen and oxygen atoms in total. The van der Waals surface area contributed by atoms with Crippen molar-refractivity contribution >= 4 is 11.9 Å². The predicted molar refractivity (Wildman–Crippen MR) is 96.0 cm³/mol. The molecule has 2 aliphatic rings. The minimum atomic E-state index is -0.623. The number of hydrogen-bond acceptors (Lipinski definition) is 6. The summed E-state index contributed by atoms with van der Waals surface area (Å²) in [6.07, 6.45) is 0. The van der Waals surface area contributed by atoms with Gasteiger partial charge >= 0.3 is 6.03 Å². The van der Waals surface area contributed by atoms with Crippen LogP contribution in [0.25, 0.3) is 0 Å². The summed E-state index contributed by atoms with van der Waals surface area (Å²) in [5.74, 6) is 1.19. The standard InChI is InChI=1S/C18H23N3O6/c1-24-6-5-21-9-11-14(17(21)22)15(20-18(23)19-11)10-7-12(25-2)16(27-4)13(8-10)26-3/h7-8,15H,5-6,9H2,1-4H3,(H2,19,20,23). The average Bonchev–Trinajstić information content (AvgIpc) is 2.99. The summed E-state index contributed by atoms with van der Waals surface area (Å²) in [5.41, 5.74) is 1.76. The Hall–Kier alpha value is -2.94. The third kappa shape index (κ3) is 3.37. The molecule has 2 N–H and O–H groups in total. The summed E-state index contributed by atoms with van der Waals surface area (Å²) >= 11 is 0. The Bertz CT molecular complexity index is 766. The van der Waals surface area contributed by atoms with E-state index >= 15 is 0 Å². The quantitative estimate of drug-likeness (QED) is 0.730. The molecule has 0 bridgehead atoms. The Morgan fingerprint density at radius 2 is 1.74 bits per heavy atom. The van der Waals surface area contributed by atoms with E-state index in [2.05, 4.69) is 10.6 Å². The van der Waals surface area contributed by atoms with E-state index in [1.54, 1.807) is 24.1 Å². The highest BCUT2D eigenvalue weighted by molar-refractivity contribution is 6.01. The summed E-state index contributed by atoms with van der Waals surface area (Å²) < 4.78 is 21.2. The van der Waals surface area contributed by atoms with Crippen molar-refractivity contribution in [2.75, 3.05) is 48.1 Å². The number of hydrogen-bond donors (Lipinski definition) is 2. The van der Waals surface area contributed by atoms with E-state index in [1.165, 1.54) is 21.3 Å². The maximum atomic E-state index is 12.9. The van der Waals surface area contributed by atoms with Gasteiger partial charge in [-0.15, -0.1) is 0 Å². The van der Waals surface area contributed by atoms with Crippen LogP contribution >= 0.6 is 0 Å². The number of carbonyl (C=O) groups excluding carboxylic acids is 2. The fourth-order valence-corrected chi connectivity index (χ4v) is 3.33. The molecule has 2 heterocycles. The van der Waals surface area contributed by atoms with Gasteiger partial charge in [0.05, 0.1) is 51.8 Å². The van der Waals surface area contributed by atoms with Crippen molar-refractivity contribution < 1.29 is 28.5 Å². The van der Waals surface area contributed by atoms with Gasteiger partial charge in [0.1, 0.15) is 0 Å². The van der Waals surface area contributed by atoms with Gasteiger partial charge in [-0.05, 0) is 17.7 Å². The van der Waals surface area contributed by atoms with Gasteiger partial charge in [-0.2, -0.15) is 0 Å². The topological polar surface area (TPSA) is 98.4 Å². The number of benzene rings is 1. The number of ether oxygens (including phenoxy) is 4. The van der Waals surface area contributed by atoms with Crippen molar-refractivity contribution in [3.8, 4) is 17.2 Å². The lowest BCUT2D eigenvalue weighted by atomic mass is 9.95. The van der Waals surface area contributed by atoms with Crippen LogP contribution in [0.15, 0.2) is 23.4 Å². The van der Waals surface area contributed by atoms with Crippen molar-refractivity contribution in [3.63, 3.8) is 0 Å². The summed E-state index contributed by atoms with van der Waals surface area (Å²) in [4.78, 5) is 26.7. The number of methoxy groups -OCH3 is 4. The van der Waals surface area contributed by atoms with Gasteiger partial charge in [-0.25, -0.2) is 4.79 Å². The van der Waals surface area contributed by atoms with Crippen LogP contribution in [0.3, 0.4) is 0 Å². The van der Waals surface area contributed by atoms with Gasteiger partial charge in [-0.1, -0.05) is 0 Å². The lowest BCUT2D eigenvalue weighted by molar-refractivity contribution is -0.126. The van der Waals surface area contributed by atoms with Crippen molar-refractivity contribution in [1.82, 2.24) is 15.5 Å². The van der Waals surface area contributed by atoms with Gasteiger partial charge in [0.15, 0.2) is 11.5 Å². The number of carbonyl (C=O) groups is 2. The number of nitrogens with zero attached hydrogens (tertiary/aromatic N) is 1. The van der Waals surface area contributed by atoms with Gasteiger partial charge in [-0.3, -0.25) is 4.79 Å². The Morgan fingerprint density at radius 3 is 2.30 bits per heavy atom. The molecule has 0 fully saturated rings. The average molecular weight is 377 g/mol. The van der Waals surface area contributed by atoms with E-state index in [-0.39, 0.29) is 11.9 Å². The maximum Gasteiger partial charge on any atom is 0.319 e. The first-order valence-corrected chi connectivity index (χ1v) is 8.42. The molecule has 0 aromatic heterocycles. The van der Waals surface area contributed by atoms with Crippen LogP contribution in [-0.2, 0) is 9.53 Å². The summed E-state index contributed by atoms with van der Waals surface area (Å²) in [5, 5.41) is 5.55. The number of amides is 3. The van der Waals surface area contributed by atoms with Gasteiger partial charge in [0.25, 0.3) is 5.91 Å². The predicted octanol–water partition coefficient (Wildman–Crippen LogP) is 0.809. The largest absolute Gasteiger partial charge is 0.493 e. The van der Waals surface area contributed by atoms with Gasteiger partial charge in [0.2, 0.25) is 5.75 Å². The Kier molecular flexibility index (Phi) is 5.41. The molecule has 0 saturated heterocycles. The monoisotopic (exact) mass is 377 g/mol. The molecule has 1 aromatic carbocycles. The Balaban J connectivity index is 2.02. The molecule has 1 aromatic rings. The number of rotatable bonds is 7. The molecule has 1 atom stereocenters. The zero-order valence-electron chi connectivity index (χ0n) is 15.8. The van der Waals surface area contributed by atoms with Crippen molar-refractivity contribution in [1.29, 1.82) is 0 Å². The molecule has 0 aliphatic carbocycles. The third-order valence-corrected chi connectivity index (χ3v) is 4.61. The normalized spacial score (nSPS) is 18.8. The second kappa shape index (κ2) is 7.75. The first-order valence-electron chi connectivity index (χ1n) is 8.42. The summed E-state index contributed by atoms with van der Waals surface area (Å²) in [6, 6.07) is 2.47. The summed E-state index contributed by atoms with van der Waals surface area (Å²) in [7, 11) is 6.12. The van der Waals surface area contributed by atoms with Crippen molar-refractivity contribution in [3.05, 3.63) is 29.0 Å². The van der Waals surface area contributed by atoms with Gasteiger partial charge in [0, 0.05) is 13.7 Å². The van der Waals surface area contributed by atoms with E-state index < -0.39 is 6.04 Å². The second-order valence-electron chi connectivity index (χ2n) is 6.10. The molecule has 1 unspecified atom stereocenters. The van der Waals surface area contributed by atoms with Crippen molar-refractivity contribution in [2.24, 2.45) is 0 Å². The van der Waals surface area contributed by atoms with Crippen LogP contribution in [-0.4, -0.2) is 65.0 Å². The van der Waals surface area contributed by atoms with Crippen LogP contribution in [0.2, 0.25) is 0 Å². The minimum absolute atomic E-state index is 0.145. The molecule has 146 valence electrons. The van der Waals surface area contributed by atoms with E-state index in [4.69, 9.17) is 18.9 Å². The van der Waals surface area contributed by atoms with E-state index in [0.29, 0.717) is 53.8 Å². The SMILES string of the molecule is COCCN1CC2=C(C1=O)C(c1cc(OC)c(OC)c(OC)c1)NC(=O)N2. The molecule has 0 radical (unpaired) electrons. The molecule has 0 saturated carbocycles. The highest BCUT2D eigenvalue weighted by Gasteiger charge is 2.40. The lowest BCUT2D eigenvalue weighted by Gasteiger charge is -2.26. The number of nitrogens with one attached hydrogen (secondary N) is 2. The summed E-state index contributed by atoms with van der Waals surface area (Å²) in [6.45, 7) is 1.20. The molecule has 27 heavy (non-hydrogen) atoms. The van der Waals surface area contributed by atoms with Crippen molar-refractivity contribution in [2.45, 2.75) is 6.04 Å². The lowest BCUT2D eigenvalue weighted by Crippen LogP contribution is -2.44. The minimum Gasteiger partial charge on any atom is -0.493 e. The Morgan fingerprint density at radius 1 is 1.07 bits per heavy atom. The smallest absolute Gasteiger partial charge is 0.319 e. The second-order valence-corrected chi connectivity index (χ2v) is 6.10. The fourth-order valence-electron chi connectivity index (χ4n) is 3.33. The van der Waals surface area contributed by atoms with E-state index in [9.17, 15) is 9.59 Å². The molecule has 9 heteroatoms. The van der Waals surface area contributed by atoms with Crippen LogP contribution in [0.4, 0.5) is 4.79 Å². The molecule has 3 rings (SSSR count). The zero-order chi connectivity index (χ0) is 19.6. The molecular formula is C18H23N3O6. The third-order valence-electron chi connectivity index (χ3n) is 4.61. The number of urea groups is 1. The van der Waals surface area contributed by atoms with Gasteiger partial charge < -0.3 is 34.5 Å². The maximum absolute atomic E-state index is 12.9. The van der Waals surface area contributed by atoms with E-state index in [0.717, 1.165) is 0 Å². The zero-order valence-corrected chi connectivity index (χ0v) is 15.8. The molecule has 0 spiro atoms. The van der Waals surface area contributed by atoms with E-state index in [1.807, 2.05) is 0 Å². The van der Waals surface area contributed by atoms with Crippen LogP contribution in [0, 0.1) is 0 Å². The Labute approximate surface area is 157 Å². The fraction of sp³-hybridized carbons (Fsp3) is 0.444. The first-order chi connectivity index (χ1) is 13.0. The molecule has 3 amide bonds. The van der Waals surface area contributed by atoms with Crippen LogP contribution < -0.4 is 24.8 Å². The van der Waals surface area contributed by atoms with Crippen LogP contribution in [0.1, 0.15) is 11.6 Å².